The van der Waals surface area contributed by atoms with Crippen LogP contribution in [0.3, 0.4) is 0 Å². The molecular formula is C25H33ClN2O4. The van der Waals surface area contributed by atoms with E-state index in [9.17, 15) is 14.7 Å². The molecular weight excluding hydrogens is 428 g/mol. The highest BCUT2D eigenvalue weighted by molar-refractivity contribution is 6.36. The summed E-state index contributed by atoms with van der Waals surface area (Å²) >= 11 is 6.34. The second kappa shape index (κ2) is 11.0. The van der Waals surface area contributed by atoms with Crippen LogP contribution < -0.4 is 4.42 Å². The van der Waals surface area contributed by atoms with E-state index in [0.717, 1.165) is 59.1 Å². The Kier molecular flexibility index (Phi) is 8.35. The number of carboxylic acid groups (broad SMARTS) is 1. The van der Waals surface area contributed by atoms with Crippen molar-refractivity contribution >= 4 is 29.3 Å². The van der Waals surface area contributed by atoms with E-state index in [1.807, 2.05) is 19.1 Å². The highest BCUT2D eigenvalue weighted by Crippen LogP contribution is 2.40. The van der Waals surface area contributed by atoms with Gasteiger partial charge in [-0.1, -0.05) is 43.1 Å². The van der Waals surface area contributed by atoms with Crippen LogP contribution in [0.2, 0.25) is 0 Å². The van der Waals surface area contributed by atoms with E-state index < -0.39 is 5.97 Å². The average molecular weight is 461 g/mol. The van der Waals surface area contributed by atoms with Crippen molar-refractivity contribution in [3.05, 3.63) is 46.8 Å². The summed E-state index contributed by atoms with van der Waals surface area (Å²) in [5.41, 5.74) is 3.48. The lowest BCUT2D eigenvalue weighted by molar-refractivity contribution is -0.137. The van der Waals surface area contributed by atoms with Gasteiger partial charge < -0.3 is 9.63 Å². The van der Waals surface area contributed by atoms with Gasteiger partial charge in [0.25, 0.3) is 0 Å². The molecule has 0 aliphatic heterocycles. The minimum Gasteiger partial charge on any atom is -0.481 e. The molecule has 1 N–H and O–H groups in total. The molecule has 0 fully saturated rings. The second-order valence-electron chi connectivity index (χ2n) is 9.31. The Balaban J connectivity index is 1.80. The molecule has 0 saturated carbocycles. The fraction of sp³-hybridized carbons (Fsp3) is 0.560. The van der Waals surface area contributed by atoms with Gasteiger partial charge in [0.05, 0.1) is 11.4 Å². The van der Waals surface area contributed by atoms with Gasteiger partial charge in [0, 0.05) is 42.0 Å². The first-order valence-electron chi connectivity index (χ1n) is 11.5. The Morgan fingerprint density at radius 1 is 1.25 bits per heavy atom. The molecule has 0 saturated heterocycles. The number of aryl methyl sites for hydroxylation is 1. The molecule has 3 rings (SSSR count). The number of aromatic nitrogens is 1. The van der Waals surface area contributed by atoms with Gasteiger partial charge in [-0.05, 0) is 57.1 Å². The molecule has 2 aromatic rings. The summed E-state index contributed by atoms with van der Waals surface area (Å²) in [6, 6.07) is 7.38. The first-order valence-corrected chi connectivity index (χ1v) is 11.9. The lowest BCUT2D eigenvalue weighted by atomic mass is 9.81. The van der Waals surface area contributed by atoms with Crippen molar-refractivity contribution in [2.24, 2.45) is 5.92 Å². The minimum atomic E-state index is -0.893. The van der Waals surface area contributed by atoms with Crippen LogP contribution in [0, 0.1) is 12.8 Å². The van der Waals surface area contributed by atoms with Crippen molar-refractivity contribution in [3.63, 3.8) is 0 Å². The number of halogens is 1. The van der Waals surface area contributed by atoms with Gasteiger partial charge in [0.15, 0.2) is 0 Å². The summed E-state index contributed by atoms with van der Waals surface area (Å²) in [5, 5.41) is 13.6. The maximum atomic E-state index is 13.0. The SMILES string of the molecule is Cc1ccc(N(Cl)C(=O)CC(CCC(=O)O)c2noc3c2CCCC3CCC(C)C)cc1. The van der Waals surface area contributed by atoms with Crippen LogP contribution in [0.1, 0.15) is 93.2 Å². The van der Waals surface area contributed by atoms with Gasteiger partial charge in [0.1, 0.15) is 5.76 Å². The predicted molar refractivity (Wildman–Crippen MR) is 125 cm³/mol. The van der Waals surface area contributed by atoms with Crippen LogP contribution in [0.15, 0.2) is 28.8 Å². The first kappa shape index (κ1) is 24.3. The van der Waals surface area contributed by atoms with Crippen molar-refractivity contribution in [1.82, 2.24) is 5.16 Å². The monoisotopic (exact) mass is 460 g/mol. The van der Waals surface area contributed by atoms with Crippen LogP contribution in [0.5, 0.6) is 0 Å². The van der Waals surface area contributed by atoms with Gasteiger partial charge in [-0.2, -0.15) is 0 Å². The molecule has 0 spiro atoms. The lowest BCUT2D eigenvalue weighted by Crippen LogP contribution is -2.24. The van der Waals surface area contributed by atoms with Gasteiger partial charge in [-0.3, -0.25) is 9.59 Å². The van der Waals surface area contributed by atoms with Crippen molar-refractivity contribution in [2.75, 3.05) is 4.42 Å². The Morgan fingerprint density at radius 3 is 2.62 bits per heavy atom. The molecule has 1 aromatic carbocycles. The number of aliphatic carboxylic acids is 1. The Labute approximate surface area is 195 Å². The van der Waals surface area contributed by atoms with Crippen LogP contribution in [-0.2, 0) is 16.0 Å². The van der Waals surface area contributed by atoms with E-state index in [-0.39, 0.29) is 24.7 Å². The van der Waals surface area contributed by atoms with Gasteiger partial charge >= 0.3 is 5.97 Å². The van der Waals surface area contributed by atoms with Crippen molar-refractivity contribution < 1.29 is 19.2 Å². The quantitative estimate of drug-likeness (QED) is 0.417. The summed E-state index contributed by atoms with van der Waals surface area (Å²) in [7, 11) is 0. The molecule has 2 atom stereocenters. The van der Waals surface area contributed by atoms with Gasteiger partial charge in [-0.15, -0.1) is 0 Å². The average Bonchev–Trinajstić information content (AvgIpc) is 3.19. The summed E-state index contributed by atoms with van der Waals surface area (Å²) in [6.07, 6.45) is 5.52. The van der Waals surface area contributed by atoms with Crippen molar-refractivity contribution in [3.8, 4) is 0 Å². The molecule has 0 radical (unpaired) electrons. The van der Waals surface area contributed by atoms with E-state index in [0.29, 0.717) is 23.9 Å². The minimum absolute atomic E-state index is 0.0385. The van der Waals surface area contributed by atoms with Gasteiger partial charge in [0.2, 0.25) is 5.91 Å². The lowest BCUT2D eigenvalue weighted by Gasteiger charge is -2.23. The molecule has 0 bridgehead atoms. The molecule has 6 nitrogen and oxygen atoms in total. The number of nitrogens with zero attached hydrogens (tertiary/aromatic N) is 2. The standard InChI is InChI=1S/C25H33ClN2O4/c1-16(2)7-10-18-5-4-6-21-24(27-32-25(18)21)19(11-14-23(30)31)15-22(29)28(26)20-12-8-17(3)9-13-20/h8-9,12-13,16,18-19H,4-7,10-11,14-15H2,1-3H3,(H,30,31). The van der Waals surface area contributed by atoms with Crippen LogP contribution in [0.25, 0.3) is 0 Å². The molecule has 1 amide bonds. The normalized spacial score (nSPS) is 16.6. The molecule has 174 valence electrons. The number of benzene rings is 1. The van der Waals surface area contributed by atoms with E-state index in [1.54, 1.807) is 12.1 Å². The van der Waals surface area contributed by atoms with E-state index >= 15 is 0 Å². The topological polar surface area (TPSA) is 83.6 Å². The smallest absolute Gasteiger partial charge is 0.303 e. The Hall–Kier alpha value is -2.34. The fourth-order valence-electron chi connectivity index (χ4n) is 4.44. The van der Waals surface area contributed by atoms with Crippen LogP contribution >= 0.6 is 11.8 Å². The Bertz CT molecular complexity index is 923. The zero-order chi connectivity index (χ0) is 23.3. The number of carbonyl (C=O) groups is 2. The third-order valence-corrected chi connectivity index (χ3v) is 6.67. The third kappa shape index (κ3) is 6.12. The van der Waals surface area contributed by atoms with E-state index in [1.165, 1.54) is 0 Å². The number of carboxylic acids is 1. The molecule has 1 aliphatic carbocycles. The summed E-state index contributed by atoms with van der Waals surface area (Å²) < 4.78 is 6.92. The summed E-state index contributed by atoms with van der Waals surface area (Å²) in [6.45, 7) is 6.40. The third-order valence-electron chi connectivity index (χ3n) is 6.29. The molecule has 1 aromatic heterocycles. The van der Waals surface area contributed by atoms with Crippen molar-refractivity contribution in [2.45, 2.75) is 84.0 Å². The largest absolute Gasteiger partial charge is 0.481 e. The van der Waals surface area contributed by atoms with Crippen LogP contribution in [-0.4, -0.2) is 22.1 Å². The summed E-state index contributed by atoms with van der Waals surface area (Å²) in [5.74, 6) is 0.379. The first-order chi connectivity index (χ1) is 15.3. The fourth-order valence-corrected chi connectivity index (χ4v) is 4.62. The zero-order valence-electron chi connectivity index (χ0n) is 19.1. The number of fused-ring (bicyclic) bond motifs is 1. The molecule has 7 heteroatoms. The molecule has 1 aliphatic rings. The highest BCUT2D eigenvalue weighted by atomic mass is 35.5. The predicted octanol–water partition coefficient (Wildman–Crippen LogP) is 6.36. The number of anilines is 1. The van der Waals surface area contributed by atoms with E-state index in [2.05, 4.69) is 19.0 Å². The van der Waals surface area contributed by atoms with Gasteiger partial charge in [-0.25, -0.2) is 4.42 Å². The van der Waals surface area contributed by atoms with Crippen LogP contribution in [0.4, 0.5) is 5.69 Å². The Morgan fingerprint density at radius 2 is 1.97 bits per heavy atom. The maximum absolute atomic E-state index is 13.0. The molecule has 2 unspecified atom stereocenters. The summed E-state index contributed by atoms with van der Waals surface area (Å²) in [4.78, 5) is 24.2. The molecule has 32 heavy (non-hydrogen) atoms. The number of hydrogen-bond donors (Lipinski definition) is 1. The number of amides is 1. The number of rotatable bonds is 10. The number of hydrogen-bond acceptors (Lipinski definition) is 4. The zero-order valence-corrected chi connectivity index (χ0v) is 19.9. The molecule has 1 heterocycles. The van der Waals surface area contributed by atoms with Crippen molar-refractivity contribution in [1.29, 1.82) is 0 Å². The highest BCUT2D eigenvalue weighted by Gasteiger charge is 2.32. The second-order valence-corrected chi connectivity index (χ2v) is 9.65. The van der Waals surface area contributed by atoms with E-state index in [4.69, 9.17) is 16.3 Å². The maximum Gasteiger partial charge on any atom is 0.303 e. The number of carbonyl (C=O) groups excluding carboxylic acids is 1.